The first-order valence-electron chi connectivity index (χ1n) is 10.2. The monoisotopic (exact) mass is 388 g/mol. The molecule has 154 valence electrons. The van der Waals surface area contributed by atoms with Crippen molar-refractivity contribution < 1.29 is 19.1 Å². The van der Waals surface area contributed by atoms with Crippen molar-refractivity contribution in [2.75, 3.05) is 6.54 Å². The largest absolute Gasteiger partial charge is 0.461 e. The van der Waals surface area contributed by atoms with Crippen molar-refractivity contribution in [2.45, 2.75) is 78.4 Å². The number of carbonyl (C=O) groups is 3. The summed E-state index contributed by atoms with van der Waals surface area (Å²) in [7, 11) is 0. The number of aromatic nitrogens is 1. The number of likely N-dealkylation sites (tertiary alicyclic amines) is 1. The molecule has 0 N–H and O–H groups in total. The maximum Gasteiger partial charge on any atom is 0.329 e. The van der Waals surface area contributed by atoms with E-state index in [1.165, 1.54) is 4.90 Å². The molecule has 1 aliphatic rings. The van der Waals surface area contributed by atoms with Crippen LogP contribution in [0, 0.1) is 5.41 Å². The van der Waals surface area contributed by atoms with Gasteiger partial charge in [-0.15, -0.1) is 0 Å². The Morgan fingerprint density at radius 3 is 2.68 bits per heavy atom. The van der Waals surface area contributed by atoms with Crippen LogP contribution in [0.15, 0.2) is 24.5 Å². The molecule has 28 heavy (non-hydrogen) atoms. The van der Waals surface area contributed by atoms with Crippen LogP contribution >= 0.6 is 0 Å². The number of nitrogens with zero attached hydrogens (tertiary/aromatic N) is 2. The number of Topliss-reactive ketones (excluding diaryl/α,β-unsaturated/α-hetero) is 1. The second-order valence-electron chi connectivity index (χ2n) is 8.09. The minimum atomic E-state index is -0.718. The Hall–Kier alpha value is -2.24. The van der Waals surface area contributed by atoms with Gasteiger partial charge < -0.3 is 9.64 Å². The van der Waals surface area contributed by atoms with Crippen LogP contribution in [0.25, 0.3) is 0 Å². The molecule has 0 saturated carbocycles. The van der Waals surface area contributed by atoms with Crippen molar-refractivity contribution in [3.05, 3.63) is 30.1 Å². The molecule has 2 atom stereocenters. The molecule has 0 spiro atoms. The Balaban J connectivity index is 1.97. The molecule has 1 aromatic rings. The van der Waals surface area contributed by atoms with Gasteiger partial charge in [-0.3, -0.25) is 14.6 Å². The summed E-state index contributed by atoms with van der Waals surface area (Å²) in [6.07, 6.45) is 7.34. The molecule has 1 amide bonds. The molecule has 0 aliphatic carbocycles. The van der Waals surface area contributed by atoms with Gasteiger partial charge in [0, 0.05) is 24.4 Å². The maximum atomic E-state index is 12.7. The third kappa shape index (κ3) is 5.40. The Labute approximate surface area is 167 Å². The van der Waals surface area contributed by atoms with Crippen LogP contribution in [-0.4, -0.2) is 46.2 Å². The minimum absolute atomic E-state index is 0.215. The Morgan fingerprint density at radius 2 is 2.07 bits per heavy atom. The quantitative estimate of drug-likeness (QED) is 0.479. The SMILES string of the molecule is CC[C@@H](CCc1cccnc1)OC(=O)[C@@H]1CCCN1C(=O)C(=O)C(C)(C)CC. The van der Waals surface area contributed by atoms with Gasteiger partial charge in [-0.25, -0.2) is 4.79 Å². The Morgan fingerprint density at radius 1 is 1.32 bits per heavy atom. The van der Waals surface area contributed by atoms with Gasteiger partial charge in [0.2, 0.25) is 5.78 Å². The number of carbonyl (C=O) groups excluding carboxylic acids is 3. The third-order valence-electron chi connectivity index (χ3n) is 5.69. The summed E-state index contributed by atoms with van der Waals surface area (Å²) in [4.78, 5) is 43.5. The van der Waals surface area contributed by atoms with Crippen molar-refractivity contribution in [2.24, 2.45) is 5.41 Å². The maximum absolute atomic E-state index is 12.7. The van der Waals surface area contributed by atoms with Gasteiger partial charge >= 0.3 is 5.97 Å². The molecule has 1 fully saturated rings. The molecule has 2 heterocycles. The van der Waals surface area contributed by atoms with E-state index >= 15 is 0 Å². The first-order chi connectivity index (χ1) is 13.3. The molecule has 2 rings (SSSR count). The van der Waals surface area contributed by atoms with Crippen molar-refractivity contribution in [3.63, 3.8) is 0 Å². The van der Waals surface area contributed by atoms with Crippen molar-refractivity contribution in [1.82, 2.24) is 9.88 Å². The highest BCUT2D eigenvalue weighted by atomic mass is 16.5. The second kappa shape index (κ2) is 9.80. The van der Waals surface area contributed by atoms with E-state index in [2.05, 4.69) is 4.98 Å². The molecule has 0 radical (unpaired) electrons. The normalized spacial score (nSPS) is 18.0. The van der Waals surface area contributed by atoms with Gasteiger partial charge in [0.05, 0.1) is 0 Å². The summed E-state index contributed by atoms with van der Waals surface area (Å²) in [5, 5.41) is 0. The fourth-order valence-corrected chi connectivity index (χ4v) is 3.30. The summed E-state index contributed by atoms with van der Waals surface area (Å²) >= 11 is 0. The van der Waals surface area contributed by atoms with E-state index in [4.69, 9.17) is 4.74 Å². The summed E-state index contributed by atoms with van der Waals surface area (Å²) < 4.78 is 5.71. The Kier molecular flexibility index (Phi) is 7.72. The molecule has 6 heteroatoms. The number of aryl methyl sites for hydroxylation is 1. The van der Waals surface area contributed by atoms with E-state index in [0.717, 1.165) is 12.0 Å². The summed E-state index contributed by atoms with van der Waals surface area (Å²) in [6, 6.07) is 3.23. The number of hydrogen-bond donors (Lipinski definition) is 0. The number of esters is 1. The van der Waals surface area contributed by atoms with Crippen LogP contribution in [0.3, 0.4) is 0 Å². The molecule has 1 aromatic heterocycles. The van der Waals surface area contributed by atoms with Crippen molar-refractivity contribution in [3.8, 4) is 0 Å². The van der Waals surface area contributed by atoms with Gasteiger partial charge in [0.15, 0.2) is 0 Å². The number of rotatable bonds is 9. The van der Waals surface area contributed by atoms with Gasteiger partial charge in [0.25, 0.3) is 5.91 Å². The molecular weight excluding hydrogens is 356 g/mol. The summed E-state index contributed by atoms with van der Waals surface area (Å²) in [5.74, 6) is -1.39. The summed E-state index contributed by atoms with van der Waals surface area (Å²) in [6.45, 7) is 7.82. The van der Waals surface area contributed by atoms with Gasteiger partial charge in [-0.1, -0.05) is 33.8 Å². The van der Waals surface area contributed by atoms with E-state index in [9.17, 15) is 14.4 Å². The molecule has 0 unspecified atom stereocenters. The highest BCUT2D eigenvalue weighted by Crippen LogP contribution is 2.26. The fraction of sp³-hybridized carbons (Fsp3) is 0.636. The van der Waals surface area contributed by atoms with E-state index in [1.807, 2.05) is 32.2 Å². The smallest absolute Gasteiger partial charge is 0.329 e. The molecule has 0 bridgehead atoms. The van der Waals surface area contributed by atoms with Crippen molar-refractivity contribution >= 4 is 17.7 Å². The average Bonchev–Trinajstić information content (AvgIpc) is 3.20. The second-order valence-corrected chi connectivity index (χ2v) is 8.09. The first-order valence-corrected chi connectivity index (χ1v) is 10.2. The third-order valence-corrected chi connectivity index (χ3v) is 5.69. The van der Waals surface area contributed by atoms with Crippen LogP contribution in [0.1, 0.15) is 65.4 Å². The molecular formula is C22H32N2O4. The molecule has 1 saturated heterocycles. The van der Waals surface area contributed by atoms with Crippen LogP contribution in [-0.2, 0) is 25.5 Å². The number of amides is 1. The number of hydrogen-bond acceptors (Lipinski definition) is 5. The van der Waals surface area contributed by atoms with Gasteiger partial charge in [-0.2, -0.15) is 0 Å². The van der Waals surface area contributed by atoms with E-state index in [0.29, 0.717) is 38.6 Å². The molecule has 6 nitrogen and oxygen atoms in total. The zero-order valence-corrected chi connectivity index (χ0v) is 17.4. The lowest BCUT2D eigenvalue weighted by Crippen LogP contribution is -2.48. The highest BCUT2D eigenvalue weighted by Gasteiger charge is 2.42. The highest BCUT2D eigenvalue weighted by molar-refractivity contribution is 6.38. The standard InChI is InChI=1S/C22H32N2O4/c1-5-17(12-11-16-9-7-13-23-15-16)28-21(27)18-10-8-14-24(18)20(26)19(25)22(3,4)6-2/h7,9,13,15,17-18H,5-6,8,10-12,14H2,1-4H3/t17-,18-/m0/s1. The zero-order valence-electron chi connectivity index (χ0n) is 17.4. The van der Waals surface area contributed by atoms with Crippen molar-refractivity contribution in [1.29, 1.82) is 0 Å². The van der Waals surface area contributed by atoms with Crippen LogP contribution in [0.2, 0.25) is 0 Å². The van der Waals surface area contributed by atoms with Crippen LogP contribution < -0.4 is 0 Å². The topological polar surface area (TPSA) is 76.6 Å². The number of ketones is 1. The molecule has 1 aliphatic heterocycles. The lowest BCUT2D eigenvalue weighted by Gasteiger charge is -2.28. The van der Waals surface area contributed by atoms with Crippen LogP contribution in [0.5, 0.6) is 0 Å². The minimum Gasteiger partial charge on any atom is -0.461 e. The van der Waals surface area contributed by atoms with Gasteiger partial charge in [-0.05, 0) is 50.2 Å². The Bertz CT molecular complexity index is 687. The van der Waals surface area contributed by atoms with E-state index in [1.54, 1.807) is 20.0 Å². The number of pyridine rings is 1. The van der Waals surface area contributed by atoms with E-state index in [-0.39, 0.29) is 6.10 Å². The fourth-order valence-electron chi connectivity index (χ4n) is 3.30. The average molecular weight is 389 g/mol. The lowest BCUT2D eigenvalue weighted by molar-refractivity contribution is -0.161. The number of ether oxygens (including phenoxy) is 1. The summed E-state index contributed by atoms with van der Waals surface area (Å²) in [5.41, 5.74) is 0.381. The van der Waals surface area contributed by atoms with Gasteiger partial charge in [0.1, 0.15) is 12.1 Å². The van der Waals surface area contributed by atoms with Crippen LogP contribution in [0.4, 0.5) is 0 Å². The predicted octanol–water partition coefficient (Wildman–Crippen LogP) is 3.33. The molecule has 0 aromatic carbocycles. The van der Waals surface area contributed by atoms with E-state index < -0.39 is 29.1 Å². The lowest BCUT2D eigenvalue weighted by atomic mass is 9.84. The zero-order chi connectivity index (χ0) is 20.7. The predicted molar refractivity (Wildman–Crippen MR) is 107 cm³/mol. The first kappa shape index (κ1) is 22.1.